The smallest absolute Gasteiger partial charge is 0.411 e. The molecular formula is C39H50N4O8S2. The Morgan fingerprint density at radius 3 is 2.43 bits per heavy atom. The van der Waals surface area contributed by atoms with E-state index in [0.29, 0.717) is 35.6 Å². The van der Waals surface area contributed by atoms with Gasteiger partial charge in [-0.15, -0.1) is 17.9 Å². The minimum absolute atomic E-state index is 0.0341. The molecule has 1 aromatic carbocycles. The summed E-state index contributed by atoms with van der Waals surface area (Å²) in [6, 6.07) is 4.56. The number of methoxy groups -OCH3 is 1. The van der Waals surface area contributed by atoms with Crippen molar-refractivity contribution in [3.63, 3.8) is 0 Å². The molecule has 3 aliphatic rings. The molecule has 2 aromatic heterocycles. The van der Waals surface area contributed by atoms with Gasteiger partial charge in [-0.1, -0.05) is 26.8 Å². The number of likely N-dealkylation sites (tertiary alicyclic amines) is 1. The Hall–Kier alpha value is -4.04. The SMILES string of the molecule is C=C[C@@H]1C[C@]1(CC(=O)[C@@H]1[C@H](C)[C@@H](Oc2cc(-c3nc(C(C)C)cs3)nc3c(C)c(OC)ccc23)CN1C(=O)OC(C)(C)C)C(=O)NS(=O)(=O)C1(C)CC1. The second kappa shape index (κ2) is 13.7. The topological polar surface area (TPSA) is 154 Å². The summed E-state index contributed by atoms with van der Waals surface area (Å²) >= 11 is 1.49. The van der Waals surface area contributed by atoms with Gasteiger partial charge in [0.25, 0.3) is 0 Å². The van der Waals surface area contributed by atoms with E-state index >= 15 is 0 Å². The highest BCUT2D eigenvalue weighted by atomic mass is 32.2. The monoisotopic (exact) mass is 766 g/mol. The van der Waals surface area contributed by atoms with Gasteiger partial charge in [-0.25, -0.2) is 23.2 Å². The lowest BCUT2D eigenvalue weighted by Crippen LogP contribution is -2.48. The first-order valence-corrected chi connectivity index (χ1v) is 20.4. The van der Waals surface area contributed by atoms with Gasteiger partial charge < -0.3 is 14.2 Å². The van der Waals surface area contributed by atoms with Crippen LogP contribution in [0.25, 0.3) is 21.6 Å². The maximum atomic E-state index is 14.5. The number of rotatable bonds is 12. The number of hydrogen-bond acceptors (Lipinski definition) is 11. The first-order valence-electron chi connectivity index (χ1n) is 18.1. The average Bonchev–Trinajstić information content (AvgIpc) is 3.89. The van der Waals surface area contributed by atoms with Gasteiger partial charge in [0.05, 0.1) is 35.0 Å². The molecule has 6 rings (SSSR count). The van der Waals surface area contributed by atoms with Crippen LogP contribution in [0.15, 0.2) is 36.2 Å². The van der Waals surface area contributed by atoms with E-state index in [0.717, 1.165) is 21.7 Å². The van der Waals surface area contributed by atoms with Gasteiger partial charge in [0.2, 0.25) is 15.9 Å². The van der Waals surface area contributed by atoms with E-state index in [1.54, 1.807) is 40.9 Å². The number of Topliss-reactive ketones (excluding diaryl/α,β-unsaturated/α-hetero) is 1. The molecule has 53 heavy (non-hydrogen) atoms. The van der Waals surface area contributed by atoms with Crippen LogP contribution in [0.4, 0.5) is 4.79 Å². The Morgan fingerprint density at radius 1 is 1.17 bits per heavy atom. The predicted octanol–water partition coefficient (Wildman–Crippen LogP) is 6.95. The summed E-state index contributed by atoms with van der Waals surface area (Å²) in [5.74, 6) is -0.612. The van der Waals surface area contributed by atoms with E-state index in [1.807, 2.05) is 37.4 Å². The Balaban J connectivity index is 1.34. The van der Waals surface area contributed by atoms with Crippen LogP contribution in [0.2, 0.25) is 0 Å². The van der Waals surface area contributed by atoms with Gasteiger partial charge in [0.15, 0.2) is 5.78 Å². The molecule has 14 heteroatoms. The molecule has 3 fully saturated rings. The minimum Gasteiger partial charge on any atom is -0.496 e. The number of fused-ring (bicyclic) bond motifs is 1. The second-order valence-corrected chi connectivity index (χ2v) is 19.4. The Kier molecular flexibility index (Phi) is 9.98. The first-order chi connectivity index (χ1) is 24.7. The number of nitrogens with one attached hydrogen (secondary N) is 1. The van der Waals surface area contributed by atoms with Crippen LogP contribution in [-0.4, -0.2) is 77.2 Å². The number of carbonyl (C=O) groups is 3. The molecule has 2 amide bonds. The molecule has 2 saturated carbocycles. The number of ketones is 1. The summed E-state index contributed by atoms with van der Waals surface area (Å²) in [6.45, 7) is 18.7. The summed E-state index contributed by atoms with van der Waals surface area (Å²) in [6.07, 6.45) is 1.17. The number of sulfonamides is 1. The zero-order chi connectivity index (χ0) is 38.8. The molecule has 0 radical (unpaired) electrons. The molecule has 12 nitrogen and oxygen atoms in total. The third-order valence-corrected chi connectivity index (χ3v) is 14.0. The third-order valence-electron chi connectivity index (χ3n) is 10.9. The first kappa shape index (κ1) is 38.7. The van der Waals surface area contributed by atoms with E-state index in [1.165, 1.54) is 16.2 Å². The summed E-state index contributed by atoms with van der Waals surface area (Å²) in [4.78, 5) is 53.1. The maximum Gasteiger partial charge on any atom is 0.411 e. The third kappa shape index (κ3) is 7.28. The molecule has 3 aromatic rings. The van der Waals surface area contributed by atoms with Crippen LogP contribution >= 0.6 is 11.3 Å². The fourth-order valence-corrected chi connectivity index (χ4v) is 9.39. The predicted molar refractivity (Wildman–Crippen MR) is 204 cm³/mol. The number of pyridine rings is 1. The summed E-state index contributed by atoms with van der Waals surface area (Å²) in [5.41, 5.74) is 0.937. The normalized spacial score (nSPS) is 24.9. The van der Waals surface area contributed by atoms with Crippen LogP contribution in [0.3, 0.4) is 0 Å². The molecule has 1 saturated heterocycles. The molecule has 286 valence electrons. The van der Waals surface area contributed by atoms with Crippen molar-refractivity contribution in [2.24, 2.45) is 17.3 Å². The standard InChI is InChI=1S/C39H50N4O8S2/c1-11-24-17-39(24,35(45)42-53(47,48)38(9)14-15-38)18-28(44)33-23(5)31(19-43(33)36(46)51-37(6,7)8)50-30-16-26(34-41-27(20-52-34)21(2)3)40-32-22(4)29(49-10)13-12-25(30)32/h11-13,16,20-21,23-24,31,33H,1,14-15,17-19H2,2-10H3,(H,42,45)/t23-,24-,31+,33+,39-/m1/s1. The maximum absolute atomic E-state index is 14.5. The van der Waals surface area contributed by atoms with Crippen LogP contribution in [0, 0.1) is 24.2 Å². The number of hydrogen-bond donors (Lipinski definition) is 1. The van der Waals surface area contributed by atoms with Crippen molar-refractivity contribution in [2.45, 2.75) is 109 Å². The molecule has 0 spiro atoms. The van der Waals surface area contributed by atoms with Gasteiger partial charge in [0.1, 0.15) is 39.9 Å². The van der Waals surface area contributed by atoms with E-state index in [4.69, 9.17) is 24.2 Å². The summed E-state index contributed by atoms with van der Waals surface area (Å²) < 4.78 is 45.5. The average molecular weight is 767 g/mol. The lowest BCUT2D eigenvalue weighted by Gasteiger charge is -2.29. The van der Waals surface area contributed by atoms with Crippen molar-refractivity contribution in [2.75, 3.05) is 13.7 Å². The molecule has 3 heterocycles. The van der Waals surface area contributed by atoms with Crippen LogP contribution in [0.1, 0.15) is 91.3 Å². The van der Waals surface area contributed by atoms with E-state index < -0.39 is 61.8 Å². The van der Waals surface area contributed by atoms with Gasteiger partial charge in [0, 0.05) is 34.7 Å². The molecule has 5 atom stereocenters. The van der Waals surface area contributed by atoms with Crippen LogP contribution in [-0.2, 0) is 24.3 Å². The molecule has 0 unspecified atom stereocenters. The highest BCUT2D eigenvalue weighted by Crippen LogP contribution is 2.57. The molecule has 1 N–H and O–H groups in total. The number of aryl methyl sites for hydroxylation is 1. The Bertz CT molecular complexity index is 2080. The summed E-state index contributed by atoms with van der Waals surface area (Å²) in [7, 11) is -2.33. The number of carbonyl (C=O) groups excluding carboxylic acids is 3. The largest absolute Gasteiger partial charge is 0.496 e. The van der Waals surface area contributed by atoms with Crippen molar-refractivity contribution in [1.29, 1.82) is 0 Å². The number of ether oxygens (including phenoxy) is 3. The molecule has 0 bridgehead atoms. The van der Waals surface area contributed by atoms with Crippen LogP contribution in [0.5, 0.6) is 11.5 Å². The van der Waals surface area contributed by atoms with E-state index in [2.05, 4.69) is 25.1 Å². The fraction of sp³-hybridized carbons (Fsp3) is 0.564. The van der Waals surface area contributed by atoms with Gasteiger partial charge in [-0.2, -0.15) is 0 Å². The fourth-order valence-electron chi connectivity index (χ4n) is 7.11. The van der Waals surface area contributed by atoms with E-state index in [-0.39, 0.29) is 31.1 Å². The van der Waals surface area contributed by atoms with Gasteiger partial charge in [-0.3, -0.25) is 19.2 Å². The van der Waals surface area contributed by atoms with Crippen LogP contribution < -0.4 is 14.2 Å². The Morgan fingerprint density at radius 2 is 1.87 bits per heavy atom. The number of benzene rings is 1. The summed E-state index contributed by atoms with van der Waals surface area (Å²) in [5, 5.41) is 3.48. The zero-order valence-electron chi connectivity index (χ0n) is 31.9. The molecular weight excluding hydrogens is 717 g/mol. The lowest BCUT2D eigenvalue weighted by atomic mass is 9.88. The number of thiazole rings is 1. The molecule has 2 aliphatic carbocycles. The number of amides is 2. The van der Waals surface area contributed by atoms with Crippen molar-refractivity contribution >= 4 is 50.0 Å². The van der Waals surface area contributed by atoms with Crippen molar-refractivity contribution in [1.82, 2.24) is 19.6 Å². The quantitative estimate of drug-likeness (QED) is 0.192. The van der Waals surface area contributed by atoms with Crippen molar-refractivity contribution < 1.29 is 37.0 Å². The highest BCUT2D eigenvalue weighted by Gasteiger charge is 2.63. The molecule has 1 aliphatic heterocycles. The van der Waals surface area contributed by atoms with E-state index in [9.17, 15) is 22.8 Å². The van der Waals surface area contributed by atoms with Gasteiger partial charge >= 0.3 is 6.09 Å². The number of nitrogens with zero attached hydrogens (tertiary/aromatic N) is 3. The second-order valence-electron chi connectivity index (χ2n) is 16.3. The van der Waals surface area contributed by atoms with Crippen molar-refractivity contribution in [3.8, 4) is 22.2 Å². The number of allylic oxidation sites excluding steroid dienone is 1. The minimum atomic E-state index is -3.93. The highest BCUT2D eigenvalue weighted by molar-refractivity contribution is 7.91. The van der Waals surface area contributed by atoms with Gasteiger partial charge in [-0.05, 0) is 77.8 Å². The van der Waals surface area contributed by atoms with Crippen molar-refractivity contribution in [3.05, 3.63) is 47.5 Å². The zero-order valence-corrected chi connectivity index (χ0v) is 33.6. The lowest BCUT2D eigenvalue weighted by molar-refractivity contribution is -0.132. The number of aromatic nitrogens is 2. The Labute approximate surface area is 315 Å².